The van der Waals surface area contributed by atoms with Gasteiger partial charge in [-0.15, -0.1) is 11.8 Å². The lowest BCUT2D eigenvalue weighted by molar-refractivity contribution is -0.133. The van der Waals surface area contributed by atoms with Crippen molar-refractivity contribution in [2.24, 2.45) is 0 Å². The van der Waals surface area contributed by atoms with Crippen molar-refractivity contribution in [3.63, 3.8) is 0 Å². The smallest absolute Gasteiger partial charge is 0.336 e. The van der Waals surface area contributed by atoms with E-state index < -0.39 is 11.9 Å². The predicted octanol–water partition coefficient (Wildman–Crippen LogP) is -1.92. The van der Waals surface area contributed by atoms with Crippen LogP contribution in [0.4, 0.5) is 0 Å². The maximum absolute atomic E-state index is 11.0. The lowest BCUT2D eigenvalue weighted by Gasteiger charge is -2.08. The highest BCUT2D eigenvalue weighted by atomic mass is 32.2. The second-order valence-corrected chi connectivity index (χ2v) is 4.44. The Kier molecular flexibility index (Phi) is 4.06. The van der Waals surface area contributed by atoms with Crippen LogP contribution in [0.25, 0.3) is 0 Å². The molecule has 0 unspecified atom stereocenters. The summed E-state index contributed by atoms with van der Waals surface area (Å²) in [6.07, 6.45) is 0. The molecule has 2 N–H and O–H groups in total. The van der Waals surface area contributed by atoms with Crippen molar-refractivity contribution in [2.75, 3.05) is 5.75 Å². The molecule has 0 radical (unpaired) electrons. The van der Waals surface area contributed by atoms with E-state index in [1.165, 1.54) is 0 Å². The van der Waals surface area contributed by atoms with Gasteiger partial charge in [0.05, 0.1) is 11.3 Å². The number of hydrogen-bond donors (Lipinski definition) is 2. The van der Waals surface area contributed by atoms with E-state index in [0.717, 1.165) is 22.7 Å². The van der Waals surface area contributed by atoms with Gasteiger partial charge in [0.15, 0.2) is 0 Å². The van der Waals surface area contributed by atoms with Crippen molar-refractivity contribution in [3.8, 4) is 0 Å². The van der Waals surface area contributed by atoms with Crippen LogP contribution in [0.3, 0.4) is 0 Å². The summed E-state index contributed by atoms with van der Waals surface area (Å²) in [5.74, 6) is -2.13. The highest BCUT2D eigenvalue weighted by Crippen LogP contribution is 2.20. The standard InChI is InChI=1S/C9H10B2O4S/c10-5-1-4(9(14)15)7(2-6(5)11)16-3-8(12)13/h1-2H,3,10-11H2,(H,12,13)(H,14,15). The molecule has 0 saturated heterocycles. The molecule has 0 atom stereocenters. The molecule has 0 aliphatic carbocycles. The Morgan fingerprint density at radius 2 is 1.75 bits per heavy atom. The van der Waals surface area contributed by atoms with E-state index >= 15 is 0 Å². The number of carboxylic acids is 2. The van der Waals surface area contributed by atoms with E-state index in [-0.39, 0.29) is 11.3 Å². The SMILES string of the molecule is Bc1cc(SCC(=O)O)c(C(=O)O)cc1B. The quantitative estimate of drug-likeness (QED) is 0.470. The molecule has 16 heavy (non-hydrogen) atoms. The average Bonchev–Trinajstić information content (AvgIpc) is 2.18. The number of thioether (sulfide) groups is 1. The van der Waals surface area contributed by atoms with Crippen molar-refractivity contribution in [1.82, 2.24) is 0 Å². The number of aliphatic carboxylic acids is 1. The molecule has 1 rings (SSSR count). The first-order valence-electron chi connectivity index (χ1n) is 4.61. The Morgan fingerprint density at radius 3 is 2.25 bits per heavy atom. The molecule has 0 heterocycles. The lowest BCUT2D eigenvalue weighted by atomic mass is 9.80. The van der Waals surface area contributed by atoms with E-state index in [1.807, 2.05) is 15.7 Å². The minimum absolute atomic E-state index is 0.136. The molecule has 1 aromatic rings. The molecule has 0 bridgehead atoms. The third-order valence-corrected chi connectivity index (χ3v) is 3.22. The third-order valence-electron chi connectivity index (χ3n) is 2.18. The van der Waals surface area contributed by atoms with Gasteiger partial charge < -0.3 is 10.2 Å². The molecule has 1 aromatic carbocycles. The van der Waals surface area contributed by atoms with Crippen LogP contribution in [0, 0.1) is 0 Å². The minimum atomic E-state index is -1.03. The number of carbonyl (C=O) groups is 2. The van der Waals surface area contributed by atoms with Crippen LogP contribution in [-0.2, 0) is 4.79 Å². The molecule has 0 aromatic heterocycles. The third kappa shape index (κ3) is 3.06. The van der Waals surface area contributed by atoms with Crippen molar-refractivity contribution in [1.29, 1.82) is 0 Å². The molecule has 4 nitrogen and oxygen atoms in total. The number of hydrogen-bond acceptors (Lipinski definition) is 3. The van der Waals surface area contributed by atoms with Crippen molar-refractivity contribution >= 4 is 50.3 Å². The van der Waals surface area contributed by atoms with Crippen LogP contribution in [0.1, 0.15) is 10.4 Å². The maximum Gasteiger partial charge on any atom is 0.336 e. The van der Waals surface area contributed by atoms with Gasteiger partial charge in [-0.25, -0.2) is 4.79 Å². The lowest BCUT2D eigenvalue weighted by Crippen LogP contribution is -2.27. The fraction of sp³-hybridized carbons (Fsp3) is 0.111. The first-order valence-corrected chi connectivity index (χ1v) is 5.59. The van der Waals surface area contributed by atoms with Gasteiger partial charge in [0.1, 0.15) is 15.7 Å². The molecule has 0 aliphatic heterocycles. The van der Waals surface area contributed by atoms with Gasteiger partial charge in [0, 0.05) is 4.90 Å². The molecule has 0 spiro atoms. The van der Waals surface area contributed by atoms with Crippen LogP contribution in [0.15, 0.2) is 17.0 Å². The monoisotopic (exact) mass is 236 g/mol. The van der Waals surface area contributed by atoms with E-state index in [2.05, 4.69) is 0 Å². The molecule has 82 valence electrons. The Morgan fingerprint density at radius 1 is 1.19 bits per heavy atom. The van der Waals surface area contributed by atoms with E-state index in [1.54, 1.807) is 12.1 Å². The zero-order valence-corrected chi connectivity index (χ0v) is 9.80. The molecular weight excluding hydrogens is 226 g/mol. The van der Waals surface area contributed by atoms with Crippen molar-refractivity contribution in [2.45, 2.75) is 4.90 Å². The Bertz CT molecular complexity index is 447. The van der Waals surface area contributed by atoms with Crippen LogP contribution in [0.2, 0.25) is 0 Å². The zero-order chi connectivity index (χ0) is 12.3. The minimum Gasteiger partial charge on any atom is -0.481 e. The number of rotatable bonds is 4. The van der Waals surface area contributed by atoms with Gasteiger partial charge >= 0.3 is 11.9 Å². The summed E-state index contributed by atoms with van der Waals surface area (Å²) in [6, 6.07) is 3.29. The molecule has 0 aliphatic rings. The fourth-order valence-electron chi connectivity index (χ4n) is 1.22. The number of benzene rings is 1. The van der Waals surface area contributed by atoms with Gasteiger partial charge in [-0.05, 0) is 0 Å². The summed E-state index contributed by atoms with van der Waals surface area (Å²) in [5, 5.41) is 17.5. The summed E-state index contributed by atoms with van der Waals surface area (Å²) < 4.78 is 0. The summed E-state index contributed by atoms with van der Waals surface area (Å²) in [4.78, 5) is 21.9. The summed E-state index contributed by atoms with van der Waals surface area (Å²) in [6.45, 7) is 0. The first-order chi connectivity index (χ1) is 7.41. The summed E-state index contributed by atoms with van der Waals surface area (Å²) in [5.41, 5.74) is 2.00. The Hall–Kier alpha value is -1.36. The Labute approximate surface area is 98.9 Å². The van der Waals surface area contributed by atoms with Gasteiger partial charge in [-0.1, -0.05) is 23.1 Å². The average molecular weight is 236 g/mol. The normalized spacial score (nSPS) is 10.0. The second-order valence-electron chi connectivity index (χ2n) is 3.42. The fourth-order valence-corrected chi connectivity index (χ4v) is 2.06. The molecule has 0 fully saturated rings. The zero-order valence-electron chi connectivity index (χ0n) is 8.98. The van der Waals surface area contributed by atoms with Crippen molar-refractivity contribution < 1.29 is 19.8 Å². The van der Waals surface area contributed by atoms with Gasteiger partial charge in [-0.2, -0.15) is 0 Å². The highest BCUT2D eigenvalue weighted by molar-refractivity contribution is 8.00. The van der Waals surface area contributed by atoms with E-state index in [0.29, 0.717) is 4.90 Å². The Balaban J connectivity index is 3.09. The number of carboxylic acid groups (broad SMARTS) is 2. The van der Waals surface area contributed by atoms with Gasteiger partial charge in [0.2, 0.25) is 0 Å². The molecule has 0 saturated carbocycles. The molecule has 0 amide bonds. The maximum atomic E-state index is 11.0. The van der Waals surface area contributed by atoms with Gasteiger partial charge in [-0.3, -0.25) is 4.79 Å². The molecular formula is C9H10B2O4S. The van der Waals surface area contributed by atoms with Gasteiger partial charge in [0.25, 0.3) is 0 Å². The van der Waals surface area contributed by atoms with Crippen LogP contribution in [0.5, 0.6) is 0 Å². The van der Waals surface area contributed by atoms with Crippen LogP contribution >= 0.6 is 11.8 Å². The first kappa shape index (κ1) is 12.7. The largest absolute Gasteiger partial charge is 0.481 e. The van der Waals surface area contributed by atoms with E-state index in [4.69, 9.17) is 10.2 Å². The van der Waals surface area contributed by atoms with Crippen LogP contribution in [-0.4, -0.2) is 43.6 Å². The van der Waals surface area contributed by atoms with E-state index in [9.17, 15) is 9.59 Å². The predicted molar refractivity (Wildman–Crippen MR) is 68.1 cm³/mol. The topological polar surface area (TPSA) is 74.6 Å². The summed E-state index contributed by atoms with van der Waals surface area (Å²) in [7, 11) is 3.69. The van der Waals surface area contributed by atoms with Crippen LogP contribution < -0.4 is 10.9 Å². The number of aromatic carboxylic acids is 1. The van der Waals surface area contributed by atoms with Crippen molar-refractivity contribution in [3.05, 3.63) is 17.7 Å². The summed E-state index contributed by atoms with van der Waals surface area (Å²) >= 11 is 1.03. The molecule has 7 heteroatoms. The second kappa shape index (κ2) is 5.12. The highest BCUT2D eigenvalue weighted by Gasteiger charge is 2.13.